The monoisotopic (exact) mass is 240 g/mol. The average molecular weight is 240 g/mol. The summed E-state index contributed by atoms with van der Waals surface area (Å²) in [4.78, 5) is 4.38. The van der Waals surface area contributed by atoms with E-state index >= 15 is 0 Å². The maximum atomic E-state index is 8.70. The molecular weight excluding hydrogens is 220 g/mol. The van der Waals surface area contributed by atoms with Crippen LogP contribution in [0.4, 0.5) is 0 Å². The molecule has 1 heterocycles. The average Bonchev–Trinajstić information content (AvgIpc) is 3.06. The lowest BCUT2D eigenvalue weighted by Gasteiger charge is -2.10. The van der Waals surface area contributed by atoms with Gasteiger partial charge in [-0.15, -0.1) is 0 Å². The topological polar surface area (TPSA) is 68.4 Å². The molecule has 0 aromatic carbocycles. The van der Waals surface area contributed by atoms with Crippen molar-refractivity contribution in [1.82, 2.24) is 10.1 Å². The highest BCUT2D eigenvalue weighted by molar-refractivity contribution is 4.98. The van der Waals surface area contributed by atoms with Crippen molar-refractivity contribution in [1.29, 1.82) is 0 Å². The van der Waals surface area contributed by atoms with E-state index in [1.165, 1.54) is 12.8 Å². The van der Waals surface area contributed by atoms with Crippen molar-refractivity contribution in [3.8, 4) is 0 Å². The summed E-state index contributed by atoms with van der Waals surface area (Å²) in [6.45, 7) is 2.87. The minimum atomic E-state index is 0.00958. The molecule has 0 spiro atoms. The molecule has 1 saturated carbocycles. The third kappa shape index (κ3) is 3.51. The van der Waals surface area contributed by atoms with Crippen LogP contribution in [0, 0.1) is 5.92 Å². The van der Waals surface area contributed by atoms with E-state index in [4.69, 9.17) is 14.4 Å². The van der Waals surface area contributed by atoms with Crippen molar-refractivity contribution >= 4 is 0 Å². The Morgan fingerprint density at radius 2 is 2.29 bits per heavy atom. The van der Waals surface area contributed by atoms with Gasteiger partial charge in [0.25, 0.3) is 0 Å². The maximum absolute atomic E-state index is 8.70. The van der Waals surface area contributed by atoms with Gasteiger partial charge in [-0.1, -0.05) is 5.16 Å². The number of aliphatic hydroxyl groups excluding tert-OH is 1. The van der Waals surface area contributed by atoms with Gasteiger partial charge in [-0.25, -0.2) is 0 Å². The van der Waals surface area contributed by atoms with E-state index in [0.717, 1.165) is 19.3 Å². The SMILES string of the molecule is CCOC(c1noc(CCCCO)n1)C1CC1. The van der Waals surface area contributed by atoms with Crippen molar-refractivity contribution in [2.45, 2.75) is 45.1 Å². The van der Waals surface area contributed by atoms with Crippen molar-refractivity contribution in [2.75, 3.05) is 13.2 Å². The van der Waals surface area contributed by atoms with Crippen molar-refractivity contribution in [2.24, 2.45) is 5.92 Å². The van der Waals surface area contributed by atoms with Crippen LogP contribution in [-0.4, -0.2) is 28.5 Å². The fourth-order valence-corrected chi connectivity index (χ4v) is 1.87. The molecule has 1 aromatic rings. The van der Waals surface area contributed by atoms with E-state index in [9.17, 15) is 0 Å². The molecule has 5 nitrogen and oxygen atoms in total. The number of unbranched alkanes of at least 4 members (excludes halogenated alkanes) is 1. The Labute approximate surface area is 101 Å². The zero-order valence-electron chi connectivity index (χ0n) is 10.3. The quantitative estimate of drug-likeness (QED) is 0.702. The highest BCUT2D eigenvalue weighted by atomic mass is 16.5. The van der Waals surface area contributed by atoms with Gasteiger partial charge >= 0.3 is 0 Å². The van der Waals surface area contributed by atoms with E-state index < -0.39 is 0 Å². The molecule has 1 aliphatic rings. The molecule has 1 unspecified atom stereocenters. The molecule has 5 heteroatoms. The van der Waals surface area contributed by atoms with Gasteiger partial charge in [-0.05, 0) is 38.5 Å². The van der Waals surface area contributed by atoms with Crippen LogP contribution in [0.3, 0.4) is 0 Å². The molecule has 17 heavy (non-hydrogen) atoms. The Hall–Kier alpha value is -0.940. The number of rotatable bonds is 8. The second-order valence-corrected chi connectivity index (χ2v) is 4.44. The van der Waals surface area contributed by atoms with Gasteiger partial charge in [0.15, 0.2) is 0 Å². The highest BCUT2D eigenvalue weighted by Gasteiger charge is 2.36. The predicted molar refractivity (Wildman–Crippen MR) is 61.4 cm³/mol. The summed E-state index contributed by atoms with van der Waals surface area (Å²) in [5.74, 6) is 1.91. The summed E-state index contributed by atoms with van der Waals surface area (Å²) in [5, 5.41) is 12.7. The fraction of sp³-hybridized carbons (Fsp3) is 0.833. The number of aromatic nitrogens is 2. The van der Waals surface area contributed by atoms with Crippen LogP contribution in [0.2, 0.25) is 0 Å². The predicted octanol–water partition coefficient (Wildman–Crippen LogP) is 1.87. The maximum Gasteiger partial charge on any atom is 0.226 e. The second-order valence-electron chi connectivity index (χ2n) is 4.44. The van der Waals surface area contributed by atoms with Crippen LogP contribution in [0.5, 0.6) is 0 Å². The molecule has 96 valence electrons. The molecule has 1 N–H and O–H groups in total. The third-order valence-corrected chi connectivity index (χ3v) is 2.93. The van der Waals surface area contributed by atoms with Gasteiger partial charge in [0.05, 0.1) is 0 Å². The molecule has 0 aliphatic heterocycles. The van der Waals surface area contributed by atoms with Crippen molar-refractivity contribution in [3.63, 3.8) is 0 Å². The standard InChI is InChI=1S/C12H20N2O3/c1-2-16-11(9-6-7-9)12-13-10(17-14-12)5-3-4-8-15/h9,11,15H,2-8H2,1H3. The minimum Gasteiger partial charge on any atom is -0.396 e. The number of ether oxygens (including phenoxy) is 1. The van der Waals surface area contributed by atoms with Gasteiger partial charge in [-0.2, -0.15) is 4.98 Å². The largest absolute Gasteiger partial charge is 0.396 e. The third-order valence-electron chi connectivity index (χ3n) is 2.93. The molecule has 0 bridgehead atoms. The van der Waals surface area contributed by atoms with Gasteiger partial charge in [0, 0.05) is 19.6 Å². The first kappa shape index (κ1) is 12.5. The molecule has 1 aliphatic carbocycles. The molecule has 1 fully saturated rings. The first-order valence-corrected chi connectivity index (χ1v) is 6.40. The Morgan fingerprint density at radius 3 is 2.94 bits per heavy atom. The van der Waals surface area contributed by atoms with Crippen LogP contribution in [0.1, 0.15) is 50.4 Å². The van der Waals surface area contributed by atoms with Crippen LogP contribution in [-0.2, 0) is 11.2 Å². The Balaban J connectivity index is 1.90. The molecule has 0 amide bonds. The summed E-state index contributed by atoms with van der Waals surface area (Å²) >= 11 is 0. The number of hydrogen-bond acceptors (Lipinski definition) is 5. The molecule has 1 atom stereocenters. The number of aryl methyl sites for hydroxylation is 1. The number of nitrogens with zero attached hydrogens (tertiary/aromatic N) is 2. The summed E-state index contributed by atoms with van der Waals surface area (Å²) < 4.78 is 10.9. The van der Waals surface area contributed by atoms with Crippen LogP contribution < -0.4 is 0 Å². The Morgan fingerprint density at radius 1 is 1.47 bits per heavy atom. The zero-order valence-corrected chi connectivity index (χ0v) is 10.3. The van der Waals surface area contributed by atoms with Crippen LogP contribution in [0.15, 0.2) is 4.52 Å². The van der Waals surface area contributed by atoms with Crippen molar-refractivity contribution < 1.29 is 14.4 Å². The molecule has 2 rings (SSSR count). The lowest BCUT2D eigenvalue weighted by Crippen LogP contribution is -2.08. The first-order chi connectivity index (χ1) is 8.35. The van der Waals surface area contributed by atoms with Gasteiger partial charge in [-0.3, -0.25) is 0 Å². The Bertz CT molecular complexity index is 336. The summed E-state index contributed by atoms with van der Waals surface area (Å²) in [7, 11) is 0. The summed E-state index contributed by atoms with van der Waals surface area (Å²) in [5.41, 5.74) is 0. The van der Waals surface area contributed by atoms with E-state index in [2.05, 4.69) is 10.1 Å². The normalized spacial score (nSPS) is 17.3. The highest BCUT2D eigenvalue weighted by Crippen LogP contribution is 2.42. The van der Waals surface area contributed by atoms with Crippen LogP contribution in [0.25, 0.3) is 0 Å². The van der Waals surface area contributed by atoms with E-state index in [1.54, 1.807) is 0 Å². The lowest BCUT2D eigenvalue weighted by atomic mass is 10.2. The summed E-state index contributed by atoms with van der Waals surface area (Å²) in [6, 6.07) is 0. The van der Waals surface area contributed by atoms with Gasteiger partial charge < -0.3 is 14.4 Å². The second kappa shape index (κ2) is 6.12. The van der Waals surface area contributed by atoms with E-state index in [0.29, 0.717) is 24.2 Å². The first-order valence-electron chi connectivity index (χ1n) is 6.40. The smallest absolute Gasteiger partial charge is 0.226 e. The molecule has 0 saturated heterocycles. The zero-order chi connectivity index (χ0) is 12.1. The van der Waals surface area contributed by atoms with Crippen LogP contribution >= 0.6 is 0 Å². The van der Waals surface area contributed by atoms with Gasteiger partial charge in [0.2, 0.25) is 11.7 Å². The minimum absolute atomic E-state index is 0.00958. The van der Waals surface area contributed by atoms with Crippen molar-refractivity contribution in [3.05, 3.63) is 11.7 Å². The summed E-state index contributed by atoms with van der Waals surface area (Å²) in [6.07, 6.45) is 4.78. The Kier molecular flexibility index (Phi) is 4.50. The molecule has 1 aromatic heterocycles. The molecule has 0 radical (unpaired) electrons. The lowest BCUT2D eigenvalue weighted by molar-refractivity contribution is 0.0384. The number of aliphatic hydroxyl groups is 1. The van der Waals surface area contributed by atoms with E-state index in [-0.39, 0.29) is 12.7 Å². The molecular formula is C12H20N2O3. The van der Waals surface area contributed by atoms with Gasteiger partial charge in [0.1, 0.15) is 6.10 Å². The van der Waals surface area contributed by atoms with E-state index in [1.807, 2.05) is 6.92 Å². The fourth-order valence-electron chi connectivity index (χ4n) is 1.87. The number of hydrogen-bond donors (Lipinski definition) is 1.